The van der Waals surface area contributed by atoms with Gasteiger partial charge >= 0.3 is 0 Å². The predicted octanol–water partition coefficient (Wildman–Crippen LogP) is 2.39. The summed E-state index contributed by atoms with van der Waals surface area (Å²) in [5.41, 5.74) is 7.59. The number of nitrogens with two attached hydrogens (primary N) is 1. The number of hydrogen-bond acceptors (Lipinski definition) is 3. The largest absolute Gasteiger partial charge is 0.370 e. The molecular formula is C13H16ClN3. The van der Waals surface area contributed by atoms with Crippen molar-refractivity contribution >= 4 is 17.3 Å². The number of anilines is 1. The minimum absolute atomic E-state index is 0.216. The summed E-state index contributed by atoms with van der Waals surface area (Å²) in [6.45, 7) is 4.06. The third-order valence-electron chi connectivity index (χ3n) is 3.13. The van der Waals surface area contributed by atoms with Gasteiger partial charge in [-0.1, -0.05) is 18.5 Å². The molecule has 1 aromatic rings. The molecule has 1 aliphatic rings. The van der Waals surface area contributed by atoms with Gasteiger partial charge in [0.2, 0.25) is 0 Å². The Morgan fingerprint density at radius 2 is 2.24 bits per heavy atom. The lowest BCUT2D eigenvalue weighted by Crippen LogP contribution is -2.46. The van der Waals surface area contributed by atoms with E-state index in [0.29, 0.717) is 16.5 Å². The summed E-state index contributed by atoms with van der Waals surface area (Å²) in [6, 6.07) is 7.84. The zero-order chi connectivity index (χ0) is 12.4. The molecule has 1 fully saturated rings. The lowest BCUT2D eigenvalue weighted by molar-refractivity contribution is 0.401. The Labute approximate surface area is 107 Å². The van der Waals surface area contributed by atoms with Crippen LogP contribution >= 0.6 is 11.6 Å². The Bertz CT molecular complexity index is 442. The zero-order valence-electron chi connectivity index (χ0n) is 9.86. The van der Waals surface area contributed by atoms with Gasteiger partial charge in [-0.15, -0.1) is 0 Å². The van der Waals surface area contributed by atoms with Crippen molar-refractivity contribution in [1.82, 2.24) is 0 Å². The third kappa shape index (κ3) is 2.71. The molecule has 0 bridgehead atoms. The third-order valence-corrected chi connectivity index (χ3v) is 3.44. The zero-order valence-corrected chi connectivity index (χ0v) is 10.6. The Morgan fingerprint density at radius 1 is 1.47 bits per heavy atom. The summed E-state index contributed by atoms with van der Waals surface area (Å²) < 4.78 is 0. The van der Waals surface area contributed by atoms with Crippen molar-refractivity contribution in [3.63, 3.8) is 0 Å². The number of piperidine rings is 1. The van der Waals surface area contributed by atoms with Crippen molar-refractivity contribution in [1.29, 1.82) is 5.26 Å². The van der Waals surface area contributed by atoms with Gasteiger partial charge in [0.15, 0.2) is 0 Å². The molecule has 0 aromatic heterocycles. The van der Waals surface area contributed by atoms with Crippen molar-refractivity contribution in [3.05, 3.63) is 28.8 Å². The van der Waals surface area contributed by atoms with Crippen molar-refractivity contribution in [2.45, 2.75) is 19.4 Å². The maximum Gasteiger partial charge on any atom is 0.101 e. The Morgan fingerprint density at radius 3 is 2.82 bits per heavy atom. The maximum atomic E-state index is 8.84. The topological polar surface area (TPSA) is 53.0 Å². The van der Waals surface area contributed by atoms with Crippen LogP contribution in [-0.4, -0.2) is 19.1 Å². The molecule has 1 aliphatic heterocycles. The molecule has 17 heavy (non-hydrogen) atoms. The Hall–Kier alpha value is -1.24. The van der Waals surface area contributed by atoms with E-state index in [4.69, 9.17) is 22.6 Å². The first-order valence-electron chi connectivity index (χ1n) is 5.80. The number of rotatable bonds is 1. The minimum Gasteiger partial charge on any atom is -0.370 e. The Kier molecular flexibility index (Phi) is 3.56. The number of halogens is 1. The van der Waals surface area contributed by atoms with Crippen LogP contribution in [0.25, 0.3) is 0 Å². The van der Waals surface area contributed by atoms with Crippen LogP contribution in [0.5, 0.6) is 0 Å². The predicted molar refractivity (Wildman–Crippen MR) is 70.1 cm³/mol. The van der Waals surface area contributed by atoms with E-state index in [-0.39, 0.29) is 6.04 Å². The highest BCUT2D eigenvalue weighted by Gasteiger charge is 2.22. The van der Waals surface area contributed by atoms with E-state index in [1.165, 1.54) is 0 Å². The molecule has 1 aromatic carbocycles. The fraction of sp³-hybridized carbons (Fsp3) is 0.462. The maximum absolute atomic E-state index is 8.84. The molecule has 1 heterocycles. The molecule has 0 radical (unpaired) electrons. The molecule has 2 rings (SSSR count). The first-order valence-corrected chi connectivity index (χ1v) is 6.18. The highest BCUT2D eigenvalue weighted by Crippen LogP contribution is 2.26. The number of benzene rings is 1. The quantitative estimate of drug-likeness (QED) is 0.832. The van der Waals surface area contributed by atoms with E-state index in [1.807, 2.05) is 12.1 Å². The van der Waals surface area contributed by atoms with Crippen LogP contribution in [0.2, 0.25) is 5.02 Å². The molecule has 2 atom stereocenters. The molecule has 2 unspecified atom stereocenters. The smallest absolute Gasteiger partial charge is 0.101 e. The first-order chi connectivity index (χ1) is 8.10. The normalized spacial score (nSPS) is 24.5. The lowest BCUT2D eigenvalue weighted by Gasteiger charge is -2.36. The summed E-state index contributed by atoms with van der Waals surface area (Å²) in [4.78, 5) is 2.24. The van der Waals surface area contributed by atoms with E-state index in [0.717, 1.165) is 25.2 Å². The second-order valence-corrected chi connectivity index (χ2v) is 5.19. The van der Waals surface area contributed by atoms with Crippen molar-refractivity contribution in [3.8, 4) is 6.07 Å². The number of nitrogens with zero attached hydrogens (tertiary/aromatic N) is 2. The van der Waals surface area contributed by atoms with E-state index >= 15 is 0 Å². The summed E-state index contributed by atoms with van der Waals surface area (Å²) in [6.07, 6.45) is 1.07. The van der Waals surface area contributed by atoms with Gasteiger partial charge in [-0.25, -0.2) is 0 Å². The first kappa shape index (κ1) is 12.2. The monoisotopic (exact) mass is 249 g/mol. The van der Waals surface area contributed by atoms with E-state index in [1.54, 1.807) is 6.07 Å². The van der Waals surface area contributed by atoms with E-state index in [9.17, 15) is 0 Å². The van der Waals surface area contributed by atoms with Gasteiger partial charge in [0.05, 0.1) is 10.6 Å². The van der Waals surface area contributed by atoms with Crippen molar-refractivity contribution < 1.29 is 0 Å². The molecule has 0 saturated carbocycles. The van der Waals surface area contributed by atoms with Gasteiger partial charge in [-0.05, 0) is 30.5 Å². The molecule has 4 heteroatoms. The molecule has 1 saturated heterocycles. The molecular weight excluding hydrogens is 234 g/mol. The fourth-order valence-electron chi connectivity index (χ4n) is 2.40. The van der Waals surface area contributed by atoms with Crippen LogP contribution in [0.4, 0.5) is 5.69 Å². The highest BCUT2D eigenvalue weighted by molar-refractivity contribution is 6.32. The van der Waals surface area contributed by atoms with Crippen LogP contribution < -0.4 is 10.6 Å². The molecule has 0 spiro atoms. The lowest BCUT2D eigenvalue weighted by atomic mass is 9.96. The second kappa shape index (κ2) is 4.95. The summed E-state index contributed by atoms with van der Waals surface area (Å²) in [5, 5.41) is 9.35. The molecule has 2 N–H and O–H groups in total. The average Bonchev–Trinajstić information content (AvgIpc) is 2.27. The molecule has 0 amide bonds. The SMILES string of the molecule is CC1CC(N)CN(c2ccc(C#N)c(Cl)c2)C1. The standard InChI is InChI=1S/C13H16ClN3/c1-9-4-11(16)8-17(7-9)12-3-2-10(6-15)13(14)5-12/h2-3,5,9,11H,4,7-8,16H2,1H3. The van der Waals surface area contributed by atoms with Crippen LogP contribution in [0.1, 0.15) is 18.9 Å². The molecule has 90 valence electrons. The van der Waals surface area contributed by atoms with Crippen LogP contribution in [-0.2, 0) is 0 Å². The van der Waals surface area contributed by atoms with Gasteiger partial charge in [0.1, 0.15) is 6.07 Å². The highest BCUT2D eigenvalue weighted by atomic mass is 35.5. The summed E-state index contributed by atoms with van der Waals surface area (Å²) in [7, 11) is 0. The molecule has 0 aliphatic carbocycles. The van der Waals surface area contributed by atoms with Gasteiger partial charge < -0.3 is 10.6 Å². The fourth-order valence-corrected chi connectivity index (χ4v) is 2.62. The van der Waals surface area contributed by atoms with Crippen molar-refractivity contribution in [2.24, 2.45) is 11.7 Å². The number of hydrogen-bond donors (Lipinski definition) is 1. The number of nitriles is 1. The van der Waals surface area contributed by atoms with Crippen LogP contribution in [0.3, 0.4) is 0 Å². The van der Waals surface area contributed by atoms with Gasteiger partial charge in [-0.3, -0.25) is 0 Å². The van der Waals surface area contributed by atoms with Gasteiger partial charge in [0.25, 0.3) is 0 Å². The van der Waals surface area contributed by atoms with Crippen LogP contribution in [0.15, 0.2) is 18.2 Å². The van der Waals surface area contributed by atoms with E-state index in [2.05, 4.69) is 17.9 Å². The second-order valence-electron chi connectivity index (χ2n) is 4.78. The minimum atomic E-state index is 0.216. The van der Waals surface area contributed by atoms with Gasteiger partial charge in [0, 0.05) is 24.8 Å². The van der Waals surface area contributed by atoms with Gasteiger partial charge in [-0.2, -0.15) is 5.26 Å². The van der Waals surface area contributed by atoms with E-state index < -0.39 is 0 Å². The van der Waals surface area contributed by atoms with Crippen LogP contribution in [0, 0.1) is 17.2 Å². The average molecular weight is 250 g/mol. The Balaban J connectivity index is 2.22. The summed E-state index contributed by atoms with van der Waals surface area (Å²) in [5.74, 6) is 0.591. The van der Waals surface area contributed by atoms with Crippen molar-refractivity contribution in [2.75, 3.05) is 18.0 Å². The molecule has 3 nitrogen and oxygen atoms in total. The summed E-state index contributed by atoms with van der Waals surface area (Å²) >= 11 is 6.04.